The standard InChI is InChI=1S/C34H42F3N5O8S/c35-34(36,37)15-14-28(43)38-26-11-5-3-1-2-4-10-23-17-33(23,31(46)40-50-51(48)25-12-13-25)39-29(44)27-16-24(20-42(27)30(26)45)49-32(47)41-18-21-8-6-7-9-22(21)19-41/h4,6-10,23-27H,1-3,5,11-20H2,(H,38,43)(H,39,44)(H,40,46)/b10-4-/t23-,24-,26+,27+,33-,51?/m1/s1. The molecule has 3 fully saturated rings. The molecule has 0 aromatic heterocycles. The maximum Gasteiger partial charge on any atom is 0.410 e. The lowest BCUT2D eigenvalue weighted by Crippen LogP contribution is -2.57. The molecule has 13 nitrogen and oxygen atoms in total. The van der Waals surface area contributed by atoms with Crippen LogP contribution >= 0.6 is 0 Å². The van der Waals surface area contributed by atoms with E-state index in [0.29, 0.717) is 51.6 Å². The van der Waals surface area contributed by atoms with Crippen molar-refractivity contribution in [2.75, 3.05) is 6.54 Å². The number of carbonyl (C=O) groups is 5. The van der Waals surface area contributed by atoms with Gasteiger partial charge in [-0.1, -0.05) is 49.3 Å². The van der Waals surface area contributed by atoms with Crippen LogP contribution in [0.25, 0.3) is 0 Å². The Morgan fingerprint density at radius 1 is 1.04 bits per heavy atom. The van der Waals surface area contributed by atoms with Crippen LogP contribution in [0.4, 0.5) is 18.0 Å². The van der Waals surface area contributed by atoms with E-state index < -0.39 is 89.5 Å². The van der Waals surface area contributed by atoms with E-state index in [0.717, 1.165) is 11.1 Å². The molecule has 3 heterocycles. The number of alkyl halides is 3. The fraction of sp³-hybridized carbons (Fsp3) is 0.618. The van der Waals surface area contributed by atoms with Crippen molar-refractivity contribution < 1.29 is 50.4 Å². The van der Waals surface area contributed by atoms with Crippen LogP contribution in [0.1, 0.15) is 81.8 Å². The second kappa shape index (κ2) is 15.3. The minimum absolute atomic E-state index is 0.117. The van der Waals surface area contributed by atoms with Gasteiger partial charge in [-0.2, -0.15) is 17.5 Å². The highest BCUT2D eigenvalue weighted by Gasteiger charge is 2.61. The van der Waals surface area contributed by atoms with Gasteiger partial charge in [-0.05, 0) is 49.7 Å². The van der Waals surface area contributed by atoms with E-state index in [2.05, 4.69) is 16.1 Å². The highest BCUT2D eigenvalue weighted by Crippen LogP contribution is 2.45. The van der Waals surface area contributed by atoms with Crippen molar-refractivity contribution in [3.63, 3.8) is 0 Å². The average molecular weight is 738 g/mol. The first-order chi connectivity index (χ1) is 24.3. The highest BCUT2D eigenvalue weighted by atomic mass is 32.2. The van der Waals surface area contributed by atoms with E-state index in [1.807, 2.05) is 36.4 Å². The lowest BCUT2D eigenvalue weighted by Gasteiger charge is -2.30. The largest absolute Gasteiger partial charge is 0.444 e. The monoisotopic (exact) mass is 737 g/mol. The summed E-state index contributed by atoms with van der Waals surface area (Å²) in [6.45, 7) is 0.422. The molecule has 2 saturated carbocycles. The predicted molar refractivity (Wildman–Crippen MR) is 175 cm³/mol. The SMILES string of the molecule is O=C(CCC(F)(F)F)N[C@H]1CCCCC/C=C\[C@@H]2C[C@@]2(C(=O)NOS(=O)C2CC2)NC(=O)[C@@H]2C[C@@H](OC(=O)N3Cc4ccccc4C3)CN2C1=O. The number of rotatable bonds is 8. The summed E-state index contributed by atoms with van der Waals surface area (Å²) >= 11 is -1.73. The first-order valence-corrected chi connectivity index (χ1v) is 18.5. The van der Waals surface area contributed by atoms with Crippen LogP contribution in [0.15, 0.2) is 36.4 Å². The van der Waals surface area contributed by atoms with Crippen molar-refractivity contribution in [3.8, 4) is 0 Å². The number of fused-ring (bicyclic) bond motifs is 3. The van der Waals surface area contributed by atoms with Gasteiger partial charge in [0.2, 0.25) is 17.7 Å². The minimum atomic E-state index is -4.57. The minimum Gasteiger partial charge on any atom is -0.444 e. The summed E-state index contributed by atoms with van der Waals surface area (Å²) in [7, 11) is 0. The number of carbonyl (C=O) groups excluding carboxylic acids is 5. The highest BCUT2D eigenvalue weighted by molar-refractivity contribution is 7.81. The summed E-state index contributed by atoms with van der Waals surface area (Å²) in [5.41, 5.74) is 2.72. The van der Waals surface area contributed by atoms with Crippen molar-refractivity contribution in [1.82, 2.24) is 25.9 Å². The summed E-state index contributed by atoms with van der Waals surface area (Å²) in [4.78, 5) is 70.3. The fourth-order valence-electron chi connectivity index (χ4n) is 6.87. The summed E-state index contributed by atoms with van der Waals surface area (Å²) in [6, 6.07) is 5.06. The van der Waals surface area contributed by atoms with E-state index in [9.17, 15) is 41.4 Å². The van der Waals surface area contributed by atoms with E-state index in [-0.39, 0.29) is 31.1 Å². The van der Waals surface area contributed by atoms with E-state index in [1.165, 1.54) is 9.80 Å². The van der Waals surface area contributed by atoms with Crippen molar-refractivity contribution >= 4 is 40.8 Å². The number of ether oxygens (including phenoxy) is 1. The maximum absolute atomic E-state index is 14.1. The molecule has 6 atom stereocenters. The summed E-state index contributed by atoms with van der Waals surface area (Å²) < 4.78 is 61.8. The van der Waals surface area contributed by atoms with Crippen LogP contribution in [0.3, 0.4) is 0 Å². The summed E-state index contributed by atoms with van der Waals surface area (Å²) in [6.07, 6.45) is -0.590. The van der Waals surface area contributed by atoms with Crippen molar-refractivity contribution in [1.29, 1.82) is 0 Å². The van der Waals surface area contributed by atoms with Crippen molar-refractivity contribution in [2.45, 2.75) is 119 Å². The smallest absolute Gasteiger partial charge is 0.410 e. The van der Waals surface area contributed by atoms with E-state index in [4.69, 9.17) is 9.02 Å². The Morgan fingerprint density at radius 2 is 1.76 bits per heavy atom. The number of hydrogen-bond donors (Lipinski definition) is 3. The molecule has 1 aromatic rings. The first kappa shape index (κ1) is 36.8. The second-order valence-electron chi connectivity index (χ2n) is 13.9. The normalized spacial score (nSPS) is 29.3. The van der Waals surface area contributed by atoms with Gasteiger partial charge in [-0.25, -0.2) is 14.5 Å². The van der Waals surface area contributed by atoms with Gasteiger partial charge in [0.15, 0.2) is 11.1 Å². The lowest BCUT2D eigenvalue weighted by atomic mass is 10.0. The van der Waals surface area contributed by atoms with Gasteiger partial charge in [0.05, 0.1) is 18.2 Å². The van der Waals surface area contributed by atoms with Crippen molar-refractivity contribution in [2.24, 2.45) is 5.92 Å². The molecule has 1 aromatic carbocycles. The van der Waals surface area contributed by atoms with Gasteiger partial charge in [0.1, 0.15) is 23.7 Å². The Bertz CT molecular complexity index is 1560. The van der Waals surface area contributed by atoms with Gasteiger partial charge in [0, 0.05) is 31.8 Å². The molecule has 6 rings (SSSR count). The third-order valence-electron chi connectivity index (χ3n) is 9.99. The molecule has 1 saturated heterocycles. The summed E-state index contributed by atoms with van der Waals surface area (Å²) in [5.74, 6) is -3.50. The average Bonchev–Trinajstić information content (AvgIpc) is 3.97. The molecule has 5 amide bonds. The number of nitrogens with zero attached hydrogens (tertiary/aromatic N) is 2. The quantitative estimate of drug-likeness (QED) is 0.271. The number of amides is 5. The molecule has 278 valence electrons. The molecule has 17 heteroatoms. The van der Waals surface area contributed by atoms with Gasteiger partial charge in [-0.15, -0.1) is 0 Å². The number of benzene rings is 1. The Kier molecular flexibility index (Phi) is 11.0. The van der Waals surface area contributed by atoms with Crippen LogP contribution in [0.5, 0.6) is 0 Å². The molecule has 5 aliphatic rings. The van der Waals surface area contributed by atoms with Crippen LogP contribution in [0.2, 0.25) is 0 Å². The van der Waals surface area contributed by atoms with Crippen LogP contribution in [0, 0.1) is 5.92 Å². The summed E-state index contributed by atoms with van der Waals surface area (Å²) in [5, 5.41) is 5.07. The molecular weight excluding hydrogens is 695 g/mol. The molecule has 3 N–H and O–H groups in total. The molecule has 0 spiro atoms. The maximum atomic E-state index is 14.1. The molecule has 1 unspecified atom stereocenters. The topological polar surface area (TPSA) is 163 Å². The van der Waals surface area contributed by atoms with E-state index >= 15 is 0 Å². The second-order valence-corrected chi connectivity index (χ2v) is 15.3. The van der Waals surface area contributed by atoms with Gasteiger partial charge in [-0.3, -0.25) is 24.1 Å². The van der Waals surface area contributed by atoms with Crippen LogP contribution in [-0.4, -0.2) is 85.4 Å². The van der Waals surface area contributed by atoms with E-state index in [1.54, 1.807) is 0 Å². The van der Waals surface area contributed by atoms with Crippen LogP contribution < -0.4 is 16.1 Å². The van der Waals surface area contributed by atoms with Gasteiger partial charge >= 0.3 is 12.3 Å². The molecule has 2 aliphatic carbocycles. The number of hydroxylamine groups is 1. The van der Waals surface area contributed by atoms with Crippen molar-refractivity contribution in [3.05, 3.63) is 47.5 Å². The predicted octanol–water partition coefficient (Wildman–Crippen LogP) is 3.20. The number of allylic oxidation sites excluding steroid dienone is 1. The molecule has 0 bridgehead atoms. The molecule has 3 aliphatic heterocycles. The third kappa shape index (κ3) is 9.09. The Labute approximate surface area is 295 Å². The molecular formula is C34H42F3N5O8S. The number of nitrogens with one attached hydrogen (secondary N) is 3. The Balaban J connectivity index is 1.21. The van der Waals surface area contributed by atoms with Crippen LogP contribution in [-0.2, 0) is 52.4 Å². The third-order valence-corrected chi connectivity index (χ3v) is 11.3. The van der Waals surface area contributed by atoms with Gasteiger partial charge < -0.3 is 20.3 Å². The Hall–Kier alpha value is -3.99. The zero-order valence-corrected chi connectivity index (χ0v) is 28.8. The zero-order chi connectivity index (χ0) is 36.3. The number of halogens is 3. The zero-order valence-electron chi connectivity index (χ0n) is 28.0. The fourth-order valence-corrected chi connectivity index (χ4v) is 7.68. The first-order valence-electron chi connectivity index (χ1n) is 17.4. The van der Waals surface area contributed by atoms with Gasteiger partial charge in [0.25, 0.3) is 5.91 Å². The Morgan fingerprint density at radius 3 is 2.45 bits per heavy atom. The number of hydrogen-bond acceptors (Lipinski definition) is 8. The molecule has 0 radical (unpaired) electrons. The molecule has 51 heavy (non-hydrogen) atoms. The lowest BCUT2D eigenvalue weighted by molar-refractivity contribution is -0.146.